The van der Waals surface area contributed by atoms with Crippen molar-refractivity contribution in [3.05, 3.63) is 47.6 Å². The number of amidine groups is 1. The summed E-state index contributed by atoms with van der Waals surface area (Å²) in [6, 6.07) is 3.25. The molecule has 0 saturated carbocycles. The third-order valence-corrected chi connectivity index (χ3v) is 6.49. The average molecular weight is 477 g/mol. The van der Waals surface area contributed by atoms with Crippen LogP contribution in [0.5, 0.6) is 0 Å². The molecule has 1 aromatic rings. The van der Waals surface area contributed by atoms with Gasteiger partial charge in [-0.1, -0.05) is 0 Å². The van der Waals surface area contributed by atoms with Crippen molar-refractivity contribution in [3.63, 3.8) is 0 Å². The number of anilines is 1. The minimum Gasteiger partial charge on any atom is -0.355 e. The summed E-state index contributed by atoms with van der Waals surface area (Å²) in [6.45, 7) is 7.95. The van der Waals surface area contributed by atoms with Gasteiger partial charge in [-0.05, 0) is 50.8 Å². The Morgan fingerprint density at radius 2 is 2.09 bits per heavy atom. The Morgan fingerprint density at radius 1 is 1.29 bits per heavy atom. The number of nitrogens with zero attached hydrogens (tertiary/aromatic N) is 7. The molecular weight excluding hydrogens is 444 g/mol. The average Bonchev–Trinajstić information content (AvgIpc) is 3.31. The fraction of sp³-hybridized carbons (Fsp3) is 0.417. The SMILES string of the molecule is C=NN1C=C(C)C(N2CC[C@H](N)C2)=N/C1=C/C1CCCCN1C(=O)c1ccnc(N(C=N)C=N)c1. The first-order valence-electron chi connectivity index (χ1n) is 11.8. The van der Waals surface area contributed by atoms with E-state index in [-0.39, 0.29) is 18.0 Å². The third kappa shape index (κ3) is 5.14. The van der Waals surface area contributed by atoms with Crippen LogP contribution < -0.4 is 10.6 Å². The molecule has 4 heterocycles. The largest absolute Gasteiger partial charge is 0.355 e. The molecule has 2 fully saturated rings. The van der Waals surface area contributed by atoms with Crippen LogP contribution in [0.25, 0.3) is 0 Å². The van der Waals surface area contributed by atoms with E-state index >= 15 is 0 Å². The van der Waals surface area contributed by atoms with Gasteiger partial charge in [0.15, 0.2) is 5.82 Å². The van der Waals surface area contributed by atoms with Crippen molar-refractivity contribution in [2.24, 2.45) is 15.8 Å². The molecule has 1 unspecified atom stereocenters. The lowest BCUT2D eigenvalue weighted by Crippen LogP contribution is -2.43. The molecule has 0 bridgehead atoms. The van der Waals surface area contributed by atoms with Crippen molar-refractivity contribution < 1.29 is 4.79 Å². The number of carbonyl (C=O) groups excluding carboxylic acids is 1. The number of nitrogens with two attached hydrogens (primary N) is 1. The summed E-state index contributed by atoms with van der Waals surface area (Å²) in [6.07, 6.45) is 11.1. The molecule has 4 rings (SSSR count). The first-order valence-corrected chi connectivity index (χ1v) is 11.8. The lowest BCUT2D eigenvalue weighted by molar-refractivity contribution is 0.0662. The van der Waals surface area contributed by atoms with Crippen LogP contribution in [0.3, 0.4) is 0 Å². The van der Waals surface area contributed by atoms with Crippen molar-refractivity contribution in [2.45, 2.75) is 44.7 Å². The Balaban J connectivity index is 1.63. The molecule has 2 atom stereocenters. The van der Waals surface area contributed by atoms with Crippen LogP contribution in [-0.4, -0.2) is 82.6 Å². The molecule has 0 aromatic carbocycles. The van der Waals surface area contributed by atoms with Gasteiger partial charge in [-0.3, -0.25) is 20.5 Å². The Hall–Kier alpha value is -3.86. The van der Waals surface area contributed by atoms with Crippen LogP contribution >= 0.6 is 0 Å². The second-order valence-corrected chi connectivity index (χ2v) is 8.88. The number of piperidine rings is 1. The van der Waals surface area contributed by atoms with Crippen LogP contribution in [0.4, 0.5) is 5.82 Å². The van der Waals surface area contributed by atoms with Crippen LogP contribution in [0.1, 0.15) is 43.0 Å². The molecule has 1 amide bonds. The van der Waals surface area contributed by atoms with Gasteiger partial charge < -0.3 is 15.5 Å². The molecule has 0 aliphatic carbocycles. The summed E-state index contributed by atoms with van der Waals surface area (Å²) >= 11 is 0. The fourth-order valence-corrected chi connectivity index (χ4v) is 4.66. The van der Waals surface area contributed by atoms with Gasteiger partial charge in [0.1, 0.15) is 11.7 Å². The number of aromatic nitrogens is 1. The van der Waals surface area contributed by atoms with Crippen LogP contribution in [0.15, 0.2) is 52.1 Å². The Bertz CT molecular complexity index is 1090. The number of hydrogen-bond donors (Lipinski definition) is 3. The maximum absolute atomic E-state index is 13.5. The van der Waals surface area contributed by atoms with Gasteiger partial charge in [-0.2, -0.15) is 5.10 Å². The quantitative estimate of drug-likeness (QED) is 0.425. The minimum absolute atomic E-state index is 0.125. The topological polar surface area (TPSA) is 141 Å². The molecule has 3 aliphatic rings. The van der Waals surface area contributed by atoms with Crippen LogP contribution in [0.2, 0.25) is 0 Å². The number of hydrazone groups is 1. The third-order valence-electron chi connectivity index (χ3n) is 6.49. The lowest BCUT2D eigenvalue weighted by Gasteiger charge is -2.35. The molecule has 0 radical (unpaired) electrons. The van der Waals surface area contributed by atoms with E-state index in [4.69, 9.17) is 21.5 Å². The Labute approximate surface area is 205 Å². The van der Waals surface area contributed by atoms with Gasteiger partial charge in [-0.15, -0.1) is 0 Å². The lowest BCUT2D eigenvalue weighted by atomic mass is 10.00. The predicted octanol–water partition coefficient (Wildman–Crippen LogP) is 2.20. The highest BCUT2D eigenvalue weighted by molar-refractivity contribution is 6.00. The van der Waals surface area contributed by atoms with Crippen molar-refractivity contribution in [1.29, 1.82) is 10.8 Å². The number of aliphatic imine (C=N–C) groups is 1. The van der Waals surface area contributed by atoms with Crippen LogP contribution in [0, 0.1) is 10.8 Å². The van der Waals surface area contributed by atoms with Crippen molar-refractivity contribution in [2.75, 3.05) is 24.5 Å². The summed E-state index contributed by atoms with van der Waals surface area (Å²) < 4.78 is 0. The molecule has 11 nitrogen and oxygen atoms in total. The summed E-state index contributed by atoms with van der Waals surface area (Å²) in [5.74, 6) is 1.75. The first kappa shape index (κ1) is 24.3. The van der Waals surface area contributed by atoms with Gasteiger partial charge in [0.25, 0.3) is 5.91 Å². The number of hydrogen-bond acceptors (Lipinski definition) is 9. The summed E-state index contributed by atoms with van der Waals surface area (Å²) in [7, 11) is 0. The monoisotopic (exact) mass is 476 g/mol. The molecule has 184 valence electrons. The second kappa shape index (κ2) is 10.6. The van der Waals surface area contributed by atoms with Crippen molar-refractivity contribution >= 4 is 37.0 Å². The normalized spacial score (nSPS) is 23.6. The molecule has 0 spiro atoms. The molecule has 35 heavy (non-hydrogen) atoms. The van der Waals surface area contributed by atoms with Crippen molar-refractivity contribution in [3.8, 4) is 0 Å². The number of amides is 1. The predicted molar refractivity (Wildman–Crippen MR) is 138 cm³/mol. The number of likely N-dealkylation sites (tertiary alicyclic amines) is 2. The molecule has 4 N–H and O–H groups in total. The van der Waals surface area contributed by atoms with Gasteiger partial charge in [-0.25, -0.2) is 15.0 Å². The minimum atomic E-state index is -0.161. The second-order valence-electron chi connectivity index (χ2n) is 8.88. The Morgan fingerprint density at radius 3 is 2.77 bits per heavy atom. The highest BCUT2D eigenvalue weighted by atomic mass is 16.2. The van der Waals surface area contributed by atoms with E-state index in [9.17, 15) is 4.79 Å². The summed E-state index contributed by atoms with van der Waals surface area (Å²) in [4.78, 5) is 27.9. The smallest absolute Gasteiger partial charge is 0.254 e. The van der Waals surface area contributed by atoms with Crippen LogP contribution in [-0.2, 0) is 0 Å². The zero-order valence-electron chi connectivity index (χ0n) is 20.0. The molecule has 1 aromatic heterocycles. The zero-order chi connectivity index (χ0) is 24.9. The number of pyridine rings is 1. The fourth-order valence-electron chi connectivity index (χ4n) is 4.66. The first-order chi connectivity index (χ1) is 16.9. The standard InChI is InChI=1S/C24H32N10O/c1-17-13-34(28-2)22(30-23(17)31-10-7-19(27)14-31)12-20-5-3-4-9-33(20)24(35)18-6-8-29-21(11-18)32(15-25)16-26/h6,8,11-13,15-16,19-20,25-26H,2-5,7,9-10,14,27H2,1H3/b22-12-,25-15?,26-16?/t19-,20?/m0/s1. The van der Waals surface area contributed by atoms with E-state index in [0.717, 1.165) is 62.9 Å². The zero-order valence-corrected chi connectivity index (χ0v) is 20.0. The van der Waals surface area contributed by atoms with Gasteiger partial charge in [0.2, 0.25) is 0 Å². The van der Waals surface area contributed by atoms with E-state index in [0.29, 0.717) is 23.7 Å². The van der Waals surface area contributed by atoms with E-state index in [1.807, 2.05) is 24.1 Å². The van der Waals surface area contributed by atoms with Gasteiger partial charge >= 0.3 is 0 Å². The molecule has 11 heteroatoms. The van der Waals surface area contributed by atoms with E-state index in [1.165, 1.54) is 11.1 Å². The Kier molecular flexibility index (Phi) is 7.35. The maximum Gasteiger partial charge on any atom is 0.254 e. The van der Waals surface area contributed by atoms with Gasteiger partial charge in [0, 0.05) is 55.9 Å². The van der Waals surface area contributed by atoms with E-state index in [2.05, 4.69) is 21.7 Å². The van der Waals surface area contributed by atoms with Gasteiger partial charge in [0.05, 0.1) is 18.7 Å². The summed E-state index contributed by atoms with van der Waals surface area (Å²) in [5.41, 5.74) is 7.58. The maximum atomic E-state index is 13.5. The highest BCUT2D eigenvalue weighted by Crippen LogP contribution is 2.27. The highest BCUT2D eigenvalue weighted by Gasteiger charge is 2.30. The molecular formula is C24H32N10O. The van der Waals surface area contributed by atoms with E-state index in [1.54, 1.807) is 17.1 Å². The van der Waals surface area contributed by atoms with Crippen molar-refractivity contribution in [1.82, 2.24) is 19.8 Å². The molecule has 3 aliphatic heterocycles. The summed E-state index contributed by atoms with van der Waals surface area (Å²) in [5, 5.41) is 20.7. The van der Waals surface area contributed by atoms with E-state index < -0.39 is 0 Å². The molecule has 2 saturated heterocycles. The number of carbonyl (C=O) groups is 1. The number of rotatable bonds is 6. The number of nitrogens with one attached hydrogen (secondary N) is 2.